The van der Waals surface area contributed by atoms with Gasteiger partial charge < -0.3 is 85.3 Å². The van der Waals surface area contributed by atoms with Gasteiger partial charge in [0, 0.05) is 59.4 Å². The van der Waals surface area contributed by atoms with Gasteiger partial charge in [0.05, 0.1) is 16.5 Å². The van der Waals surface area contributed by atoms with Gasteiger partial charge in [-0.3, -0.25) is 4.79 Å². The van der Waals surface area contributed by atoms with Crippen molar-refractivity contribution in [3.8, 4) is 86.2 Å². The Bertz CT molecular complexity index is 2950. The van der Waals surface area contributed by atoms with Gasteiger partial charge in [0.15, 0.2) is 64.0 Å². The number of aromatic hydroxyl groups is 13. The van der Waals surface area contributed by atoms with Crippen LogP contribution in [0.25, 0.3) is 10.8 Å². The molecule has 0 amide bonds. The predicted molar refractivity (Wildman–Crippen MR) is 210 cm³/mol. The molecule has 0 spiro atoms. The van der Waals surface area contributed by atoms with Crippen molar-refractivity contribution in [2.75, 3.05) is 0 Å². The topological polar surface area (TPSA) is 351 Å². The normalized spacial score (nSPS) is 17.7. The van der Waals surface area contributed by atoms with E-state index in [1.165, 1.54) is 0 Å². The average Bonchev–Trinajstić information content (AvgIpc) is 3.35. The molecular weight excluding hydrogens is 836 g/mol. The first-order valence-electron chi connectivity index (χ1n) is 18.4. The first kappa shape index (κ1) is 40.9. The van der Waals surface area contributed by atoms with Crippen LogP contribution in [0.2, 0.25) is 0 Å². The first-order chi connectivity index (χ1) is 29.8. The summed E-state index contributed by atoms with van der Waals surface area (Å²) in [6.07, 6.45) is -7.15. The molecule has 0 aliphatic carbocycles. The first-order valence-corrected chi connectivity index (χ1v) is 18.4. The Hall–Kier alpha value is -8.81. The van der Waals surface area contributed by atoms with Crippen LogP contribution in [0.1, 0.15) is 55.2 Å². The molecule has 0 saturated carbocycles. The molecule has 3 unspecified atom stereocenters. The molecule has 324 valence electrons. The zero-order chi connectivity index (χ0) is 45.3. The predicted octanol–water partition coefficient (Wildman–Crippen LogP) is 4.18. The minimum atomic E-state index is -1.65. The molecule has 6 aromatic rings. The van der Waals surface area contributed by atoms with Gasteiger partial charge in [-0.2, -0.15) is 0 Å². The van der Waals surface area contributed by atoms with Crippen molar-refractivity contribution >= 4 is 22.7 Å². The molecule has 0 fully saturated rings. The molecule has 2 aliphatic heterocycles. The summed E-state index contributed by atoms with van der Waals surface area (Å²) in [5, 5.41) is 135. The van der Waals surface area contributed by atoms with Crippen molar-refractivity contribution in [1.29, 1.82) is 0 Å². The zero-order valence-electron chi connectivity index (χ0n) is 31.7. The highest BCUT2D eigenvalue weighted by molar-refractivity contribution is 5.95. The number of rotatable bonds is 6. The van der Waals surface area contributed by atoms with Crippen LogP contribution in [-0.2, 0) is 22.3 Å². The van der Waals surface area contributed by atoms with E-state index in [-0.39, 0.29) is 45.6 Å². The quantitative estimate of drug-likeness (QED) is 0.0824. The third-order valence-electron chi connectivity index (χ3n) is 10.5. The van der Waals surface area contributed by atoms with Crippen LogP contribution >= 0.6 is 0 Å². The van der Waals surface area contributed by atoms with E-state index in [0.717, 1.165) is 66.7 Å². The van der Waals surface area contributed by atoms with E-state index >= 15 is 0 Å². The maximum atomic E-state index is 14.0. The summed E-state index contributed by atoms with van der Waals surface area (Å²) in [7, 11) is 0. The average molecular weight is 869 g/mol. The molecule has 0 bridgehead atoms. The van der Waals surface area contributed by atoms with E-state index < -0.39 is 139 Å². The number of fused-ring (bicyclic) bond motifs is 3. The Morgan fingerprint density at radius 2 is 0.905 bits per heavy atom. The van der Waals surface area contributed by atoms with E-state index in [9.17, 15) is 80.8 Å². The lowest BCUT2D eigenvalue weighted by Crippen LogP contribution is -2.35. The highest BCUT2D eigenvalue weighted by Crippen LogP contribution is 2.49. The summed E-state index contributed by atoms with van der Waals surface area (Å²) in [5.74, 6) is -13.2. The Kier molecular flexibility index (Phi) is 9.77. The van der Waals surface area contributed by atoms with Gasteiger partial charge in [-0.25, -0.2) is 9.59 Å². The van der Waals surface area contributed by atoms with Crippen LogP contribution < -0.4 is 14.9 Å². The lowest BCUT2D eigenvalue weighted by Gasteiger charge is -2.35. The maximum absolute atomic E-state index is 14.0. The van der Waals surface area contributed by atoms with Crippen molar-refractivity contribution in [2.24, 2.45) is 0 Å². The third-order valence-corrected chi connectivity index (χ3v) is 10.5. The summed E-state index contributed by atoms with van der Waals surface area (Å²) in [6, 6.07) is 10.2. The maximum Gasteiger partial charge on any atom is 0.338 e. The highest BCUT2D eigenvalue weighted by Gasteiger charge is 2.41. The van der Waals surface area contributed by atoms with Crippen LogP contribution in [0.5, 0.6) is 86.2 Å². The van der Waals surface area contributed by atoms with E-state index in [1.54, 1.807) is 0 Å². The van der Waals surface area contributed by atoms with Gasteiger partial charge in [-0.15, -0.1) is 0 Å². The summed E-state index contributed by atoms with van der Waals surface area (Å²) in [5.41, 5.74) is -2.71. The molecule has 8 rings (SSSR count). The summed E-state index contributed by atoms with van der Waals surface area (Å²) in [6.45, 7) is 0. The smallest absolute Gasteiger partial charge is 0.338 e. The molecular formula is C43H32O20. The number of hydrogen-bond donors (Lipinski definition) is 13. The monoisotopic (exact) mass is 868 g/mol. The second-order valence-electron chi connectivity index (χ2n) is 14.6. The van der Waals surface area contributed by atoms with E-state index in [1.807, 2.05) is 0 Å². The Balaban J connectivity index is 1.31. The number of phenols is 12. The van der Waals surface area contributed by atoms with Crippen molar-refractivity contribution in [1.82, 2.24) is 0 Å². The molecule has 4 atom stereocenters. The fraction of sp³-hybridized carbons (Fsp3) is 0.140. The molecule has 20 nitrogen and oxygen atoms in total. The Labute approximate surface area is 351 Å². The van der Waals surface area contributed by atoms with Gasteiger partial charge >= 0.3 is 11.9 Å². The SMILES string of the molecule is O=C(OC1Cc2c(O)cc(O)cc2OC1c1cc(O)c(O)c2c(=O)c(O)cc(C3Oc4cc(O)cc(O)c4C[C@H]3OC(=O)c3cc(O)c(O)c(O)c3)cc12)c1cc(O)c(O)c(O)c1. The number of ether oxygens (including phenoxy) is 4. The molecule has 20 heteroatoms. The van der Waals surface area contributed by atoms with E-state index in [2.05, 4.69) is 0 Å². The fourth-order valence-electron chi connectivity index (χ4n) is 7.54. The van der Waals surface area contributed by atoms with Crippen LogP contribution in [0.4, 0.5) is 0 Å². The van der Waals surface area contributed by atoms with E-state index in [0.29, 0.717) is 0 Å². The minimum Gasteiger partial charge on any atom is -0.508 e. The fourth-order valence-corrected chi connectivity index (χ4v) is 7.54. The zero-order valence-corrected chi connectivity index (χ0v) is 31.7. The summed E-state index contributed by atoms with van der Waals surface area (Å²) in [4.78, 5) is 41.1. The van der Waals surface area contributed by atoms with Crippen molar-refractivity contribution in [2.45, 2.75) is 37.3 Å². The van der Waals surface area contributed by atoms with Gasteiger partial charge in [-0.05, 0) is 47.9 Å². The molecule has 13 N–H and O–H groups in total. The molecule has 2 aliphatic rings. The lowest BCUT2D eigenvalue weighted by atomic mass is 9.89. The number of phenolic OH excluding ortho intramolecular Hbond substituents is 12. The number of esters is 2. The second-order valence-corrected chi connectivity index (χ2v) is 14.6. The van der Waals surface area contributed by atoms with Gasteiger partial charge in [0.1, 0.15) is 46.7 Å². The van der Waals surface area contributed by atoms with Crippen molar-refractivity contribution in [3.05, 3.63) is 110 Å². The van der Waals surface area contributed by atoms with Crippen LogP contribution in [0.15, 0.2) is 71.5 Å². The van der Waals surface area contributed by atoms with Crippen LogP contribution in [-0.4, -0.2) is 90.5 Å². The number of benzene rings is 5. The summed E-state index contributed by atoms with van der Waals surface area (Å²) < 4.78 is 23.9. The molecule has 63 heavy (non-hydrogen) atoms. The third kappa shape index (κ3) is 7.19. The molecule has 0 radical (unpaired) electrons. The van der Waals surface area contributed by atoms with Crippen LogP contribution in [0, 0.1) is 0 Å². The number of hydrogen-bond acceptors (Lipinski definition) is 20. The molecule has 0 aromatic heterocycles. The van der Waals surface area contributed by atoms with Gasteiger partial charge in [0.25, 0.3) is 0 Å². The molecule has 6 aromatic carbocycles. The molecule has 0 saturated heterocycles. The van der Waals surface area contributed by atoms with Gasteiger partial charge in [0.2, 0.25) is 5.43 Å². The Morgan fingerprint density at radius 3 is 1.38 bits per heavy atom. The minimum absolute atomic E-state index is 0.000315. The van der Waals surface area contributed by atoms with Crippen LogP contribution in [0.3, 0.4) is 0 Å². The van der Waals surface area contributed by atoms with E-state index in [4.69, 9.17) is 18.9 Å². The second kappa shape index (κ2) is 15.0. The highest BCUT2D eigenvalue weighted by atomic mass is 16.6. The lowest BCUT2D eigenvalue weighted by molar-refractivity contribution is -0.0194. The molecule has 2 heterocycles. The number of carbonyl (C=O) groups excluding carboxylic acids is 2. The van der Waals surface area contributed by atoms with Crippen molar-refractivity contribution < 1.29 is 94.9 Å². The largest absolute Gasteiger partial charge is 0.508 e. The van der Waals surface area contributed by atoms with Crippen molar-refractivity contribution in [3.63, 3.8) is 0 Å². The summed E-state index contributed by atoms with van der Waals surface area (Å²) >= 11 is 0. The standard InChI is InChI=1S/C43H32O20/c44-17-7-23(46)21-12-33(62-42(58)15-3-25(48)36(54)26(49)4-15)40(60-31(21)9-17)14-1-19-20(11-30(53)39(57)35(19)38(56)29(52)2-14)41-34(13-22-24(47)8-18(45)10-32(22)61-41)63-43(59)16-5-27(50)37(55)28(51)6-16/h1-11,33-34,40-41,44-51,53-55,57H,12-13H2,(H,52,56)/t33-,34?,40?,41?/m1/s1. The Morgan fingerprint density at radius 1 is 0.476 bits per heavy atom. The van der Waals surface area contributed by atoms with Gasteiger partial charge in [-0.1, -0.05) is 0 Å². The number of carbonyl (C=O) groups is 2.